The molecule has 0 radical (unpaired) electrons. The first-order chi connectivity index (χ1) is 13.5. The normalized spacial score (nSPS) is 16.5. The van der Waals surface area contributed by atoms with Gasteiger partial charge in [0.05, 0.1) is 19.6 Å². The van der Waals surface area contributed by atoms with Crippen molar-refractivity contribution in [1.29, 1.82) is 0 Å². The van der Waals surface area contributed by atoms with E-state index in [0.717, 1.165) is 42.5 Å². The molecule has 0 saturated carbocycles. The molecule has 1 aliphatic heterocycles. The van der Waals surface area contributed by atoms with Crippen LogP contribution in [-0.4, -0.2) is 62.6 Å². The molecule has 6 heteroatoms. The van der Waals surface area contributed by atoms with Crippen molar-refractivity contribution >= 4 is 17.5 Å². The van der Waals surface area contributed by atoms with Crippen molar-refractivity contribution in [2.45, 2.75) is 12.5 Å². The quantitative estimate of drug-likeness (QED) is 0.774. The minimum absolute atomic E-state index is 0.0262. The Morgan fingerprint density at radius 3 is 2.32 bits per heavy atom. The lowest BCUT2D eigenvalue weighted by molar-refractivity contribution is -0.120. The Morgan fingerprint density at radius 1 is 1.07 bits per heavy atom. The van der Waals surface area contributed by atoms with Crippen LogP contribution < -0.4 is 10.1 Å². The number of likely N-dealkylation sites (N-methyl/N-ethyl adjacent to an activating group) is 1. The number of methoxy groups -OCH3 is 1. The largest absolute Gasteiger partial charge is 0.497 e. The highest BCUT2D eigenvalue weighted by Crippen LogP contribution is 2.23. The zero-order chi connectivity index (χ0) is 19.9. The second kappa shape index (κ2) is 9.92. The van der Waals surface area contributed by atoms with E-state index in [0.29, 0.717) is 13.0 Å². The number of halogens is 1. The van der Waals surface area contributed by atoms with E-state index < -0.39 is 0 Å². The average molecular weight is 402 g/mol. The number of hydrogen-bond acceptors (Lipinski definition) is 4. The van der Waals surface area contributed by atoms with Crippen LogP contribution in [0.4, 0.5) is 0 Å². The second-order valence-corrected chi connectivity index (χ2v) is 7.67. The van der Waals surface area contributed by atoms with Gasteiger partial charge in [0.15, 0.2) is 0 Å². The maximum atomic E-state index is 12.5. The Balaban J connectivity index is 1.63. The number of rotatable bonds is 7. The van der Waals surface area contributed by atoms with E-state index >= 15 is 0 Å². The summed E-state index contributed by atoms with van der Waals surface area (Å²) in [7, 11) is 3.78. The summed E-state index contributed by atoms with van der Waals surface area (Å²) in [5.74, 6) is 0.820. The Hall–Kier alpha value is -2.08. The molecular weight excluding hydrogens is 374 g/mol. The van der Waals surface area contributed by atoms with Crippen molar-refractivity contribution < 1.29 is 9.53 Å². The van der Waals surface area contributed by atoms with Gasteiger partial charge in [-0.25, -0.2) is 0 Å². The Kier molecular flexibility index (Phi) is 7.31. The molecule has 2 aromatic rings. The lowest BCUT2D eigenvalue weighted by Crippen LogP contribution is -2.48. The minimum atomic E-state index is 0.0262. The summed E-state index contributed by atoms with van der Waals surface area (Å²) in [6.45, 7) is 4.62. The van der Waals surface area contributed by atoms with Crippen LogP contribution in [0, 0.1) is 0 Å². The lowest BCUT2D eigenvalue weighted by atomic mass is 10.0. The fraction of sp³-hybridized carbons (Fsp3) is 0.409. The first kappa shape index (κ1) is 20.6. The molecule has 150 valence electrons. The molecule has 0 spiro atoms. The highest BCUT2D eigenvalue weighted by Gasteiger charge is 2.24. The molecule has 0 bridgehead atoms. The van der Waals surface area contributed by atoms with Gasteiger partial charge in [0, 0.05) is 37.7 Å². The van der Waals surface area contributed by atoms with Gasteiger partial charge in [-0.15, -0.1) is 0 Å². The van der Waals surface area contributed by atoms with E-state index in [4.69, 9.17) is 16.3 Å². The molecule has 1 atom stereocenters. The molecular formula is C22H28ClN3O2. The molecule has 3 rings (SSSR count). The molecule has 1 N–H and O–H groups in total. The second-order valence-electron chi connectivity index (χ2n) is 7.24. The molecule has 1 fully saturated rings. The fourth-order valence-electron chi connectivity index (χ4n) is 3.48. The number of carbonyl (C=O) groups is 1. The van der Waals surface area contributed by atoms with E-state index in [9.17, 15) is 4.79 Å². The third kappa shape index (κ3) is 5.71. The SMILES string of the molecule is COc1ccc(CC(=O)NCC(c2ccc(Cl)cc2)N2CCN(C)CC2)cc1. The van der Waals surface area contributed by atoms with E-state index in [1.807, 2.05) is 36.4 Å². The van der Waals surface area contributed by atoms with Crippen molar-refractivity contribution in [1.82, 2.24) is 15.1 Å². The number of nitrogens with zero attached hydrogens (tertiary/aromatic N) is 2. The van der Waals surface area contributed by atoms with Crippen LogP contribution in [0.5, 0.6) is 5.75 Å². The van der Waals surface area contributed by atoms with Crippen molar-refractivity contribution in [3.05, 3.63) is 64.7 Å². The maximum Gasteiger partial charge on any atom is 0.224 e. The van der Waals surface area contributed by atoms with Crippen molar-refractivity contribution in [3.8, 4) is 5.75 Å². The zero-order valence-corrected chi connectivity index (χ0v) is 17.3. The Labute approximate surface area is 172 Å². The number of piperazine rings is 1. The first-order valence-electron chi connectivity index (χ1n) is 9.63. The summed E-state index contributed by atoms with van der Waals surface area (Å²) in [6.07, 6.45) is 0.361. The molecule has 28 heavy (non-hydrogen) atoms. The van der Waals surface area contributed by atoms with E-state index in [2.05, 4.69) is 34.3 Å². The van der Waals surface area contributed by atoms with Gasteiger partial charge in [-0.05, 0) is 42.4 Å². The van der Waals surface area contributed by atoms with Crippen LogP contribution in [0.3, 0.4) is 0 Å². The average Bonchev–Trinajstić information content (AvgIpc) is 2.71. The summed E-state index contributed by atoms with van der Waals surface area (Å²) < 4.78 is 5.17. The van der Waals surface area contributed by atoms with Crippen LogP contribution in [0.2, 0.25) is 5.02 Å². The van der Waals surface area contributed by atoms with Crippen LogP contribution in [0.25, 0.3) is 0 Å². The van der Waals surface area contributed by atoms with E-state index in [1.54, 1.807) is 7.11 Å². The predicted octanol–water partition coefficient (Wildman–Crippen LogP) is 3.00. The molecule has 1 heterocycles. The van der Waals surface area contributed by atoms with Gasteiger partial charge in [0.2, 0.25) is 5.91 Å². The monoisotopic (exact) mass is 401 g/mol. The predicted molar refractivity (Wildman–Crippen MR) is 113 cm³/mol. The van der Waals surface area contributed by atoms with E-state index in [1.165, 1.54) is 5.56 Å². The molecule has 5 nitrogen and oxygen atoms in total. The van der Waals surface area contributed by atoms with Gasteiger partial charge in [0.25, 0.3) is 0 Å². The smallest absolute Gasteiger partial charge is 0.224 e. The summed E-state index contributed by atoms with van der Waals surface area (Å²) in [4.78, 5) is 17.3. The Morgan fingerprint density at radius 2 is 1.71 bits per heavy atom. The fourth-order valence-corrected chi connectivity index (χ4v) is 3.60. The number of ether oxygens (including phenoxy) is 1. The first-order valence-corrected chi connectivity index (χ1v) is 10.0. The van der Waals surface area contributed by atoms with Crippen molar-refractivity contribution in [2.75, 3.05) is 46.9 Å². The van der Waals surface area contributed by atoms with Gasteiger partial charge in [-0.3, -0.25) is 9.69 Å². The van der Waals surface area contributed by atoms with Crippen LogP contribution in [0.15, 0.2) is 48.5 Å². The number of hydrogen-bond donors (Lipinski definition) is 1. The maximum absolute atomic E-state index is 12.5. The summed E-state index contributed by atoms with van der Waals surface area (Å²) in [6, 6.07) is 15.7. The third-order valence-corrected chi connectivity index (χ3v) is 5.50. The molecule has 1 unspecified atom stereocenters. The topological polar surface area (TPSA) is 44.8 Å². The molecule has 2 aromatic carbocycles. The van der Waals surface area contributed by atoms with E-state index in [-0.39, 0.29) is 11.9 Å². The van der Waals surface area contributed by atoms with Crippen LogP contribution in [0.1, 0.15) is 17.2 Å². The van der Waals surface area contributed by atoms with Gasteiger partial charge >= 0.3 is 0 Å². The van der Waals surface area contributed by atoms with Crippen LogP contribution in [-0.2, 0) is 11.2 Å². The van der Waals surface area contributed by atoms with Crippen LogP contribution >= 0.6 is 11.6 Å². The molecule has 1 aliphatic rings. The Bertz CT molecular complexity index is 756. The van der Waals surface area contributed by atoms with Gasteiger partial charge in [-0.2, -0.15) is 0 Å². The summed E-state index contributed by atoms with van der Waals surface area (Å²) >= 11 is 6.06. The number of nitrogens with one attached hydrogen (secondary N) is 1. The number of amides is 1. The summed E-state index contributed by atoms with van der Waals surface area (Å²) in [5, 5.41) is 3.85. The molecule has 0 aliphatic carbocycles. The number of carbonyl (C=O) groups excluding carboxylic acids is 1. The molecule has 1 saturated heterocycles. The molecule has 1 amide bonds. The highest BCUT2D eigenvalue weighted by molar-refractivity contribution is 6.30. The summed E-state index contributed by atoms with van der Waals surface area (Å²) in [5.41, 5.74) is 2.15. The minimum Gasteiger partial charge on any atom is -0.497 e. The lowest BCUT2D eigenvalue weighted by Gasteiger charge is -2.38. The van der Waals surface area contributed by atoms with Crippen molar-refractivity contribution in [3.63, 3.8) is 0 Å². The third-order valence-electron chi connectivity index (χ3n) is 5.25. The number of benzene rings is 2. The zero-order valence-electron chi connectivity index (χ0n) is 16.5. The van der Waals surface area contributed by atoms with Crippen molar-refractivity contribution in [2.24, 2.45) is 0 Å². The van der Waals surface area contributed by atoms with Gasteiger partial charge in [0.1, 0.15) is 5.75 Å². The van der Waals surface area contributed by atoms with Gasteiger partial charge < -0.3 is 15.0 Å². The highest BCUT2D eigenvalue weighted by atomic mass is 35.5. The van der Waals surface area contributed by atoms with Gasteiger partial charge in [-0.1, -0.05) is 35.9 Å². The molecule has 0 aromatic heterocycles. The standard InChI is InChI=1S/C22H28ClN3O2/c1-25-11-13-26(14-12-25)21(18-5-7-19(23)8-6-18)16-24-22(27)15-17-3-9-20(28-2)10-4-17/h3-10,21H,11-16H2,1-2H3,(H,24,27).